The van der Waals surface area contributed by atoms with Crippen molar-refractivity contribution in [2.75, 3.05) is 0 Å². The number of hydrogen-bond acceptors (Lipinski definition) is 4. The van der Waals surface area contributed by atoms with Crippen molar-refractivity contribution in [3.05, 3.63) is 0 Å². The molecule has 0 aliphatic carbocycles. The largest absolute Gasteiger partial charge is 0.368 e. The van der Waals surface area contributed by atoms with Crippen molar-refractivity contribution in [2.45, 2.75) is 58.5 Å². The minimum atomic E-state index is -0.439. The fourth-order valence-corrected chi connectivity index (χ4v) is 1.72. The Labute approximate surface area is 103 Å². The smallest absolute Gasteiger partial charge is 0.161 e. The molecule has 0 aromatic carbocycles. The van der Waals surface area contributed by atoms with Crippen LogP contribution >= 0.6 is 12.6 Å². The molecule has 94 valence electrons. The Morgan fingerprint density at radius 1 is 1.12 bits per heavy atom. The SMILES string of the molecule is CC(C)O[C@H](C)C(=O)C[C@H](C)C(=O)C(C)S. The van der Waals surface area contributed by atoms with Crippen LogP contribution in [-0.4, -0.2) is 29.0 Å². The molecule has 0 aliphatic heterocycles. The van der Waals surface area contributed by atoms with E-state index in [9.17, 15) is 9.59 Å². The lowest BCUT2D eigenvalue weighted by atomic mass is 9.96. The molecule has 0 N–H and O–H groups in total. The summed E-state index contributed by atoms with van der Waals surface area (Å²) in [6.45, 7) is 8.97. The predicted octanol–water partition coefficient (Wildman–Crippen LogP) is 2.28. The van der Waals surface area contributed by atoms with Crippen molar-refractivity contribution in [1.29, 1.82) is 0 Å². The molecule has 3 nitrogen and oxygen atoms in total. The van der Waals surface area contributed by atoms with Gasteiger partial charge in [0.1, 0.15) is 11.9 Å². The number of ether oxygens (including phenoxy) is 1. The van der Waals surface area contributed by atoms with Gasteiger partial charge in [-0.1, -0.05) is 6.92 Å². The summed E-state index contributed by atoms with van der Waals surface area (Å²) >= 11 is 4.07. The third-order valence-electron chi connectivity index (χ3n) is 2.33. The average Bonchev–Trinajstić information content (AvgIpc) is 2.14. The zero-order valence-electron chi connectivity index (χ0n) is 10.7. The van der Waals surface area contributed by atoms with Gasteiger partial charge in [-0.2, -0.15) is 12.6 Å². The van der Waals surface area contributed by atoms with E-state index in [1.165, 1.54) is 0 Å². The summed E-state index contributed by atoms with van der Waals surface area (Å²) in [5, 5.41) is -0.316. The first-order chi connectivity index (χ1) is 7.25. The highest BCUT2D eigenvalue weighted by atomic mass is 32.1. The zero-order chi connectivity index (χ0) is 12.9. The van der Waals surface area contributed by atoms with E-state index in [0.717, 1.165) is 0 Å². The van der Waals surface area contributed by atoms with Crippen molar-refractivity contribution in [1.82, 2.24) is 0 Å². The van der Waals surface area contributed by atoms with Crippen molar-refractivity contribution in [3.8, 4) is 0 Å². The molecule has 0 fully saturated rings. The van der Waals surface area contributed by atoms with Crippen LogP contribution in [0.1, 0.15) is 41.0 Å². The molecule has 1 unspecified atom stereocenters. The number of ketones is 2. The summed E-state index contributed by atoms with van der Waals surface area (Å²) in [6, 6.07) is 0. The summed E-state index contributed by atoms with van der Waals surface area (Å²) < 4.78 is 5.37. The molecule has 0 spiro atoms. The Bertz CT molecular complexity index is 249. The number of Topliss-reactive ketones (excluding diaryl/α,β-unsaturated/α-hetero) is 2. The molecule has 3 atom stereocenters. The van der Waals surface area contributed by atoms with E-state index in [0.29, 0.717) is 0 Å². The highest BCUT2D eigenvalue weighted by molar-refractivity contribution is 7.81. The molecule has 0 amide bonds. The van der Waals surface area contributed by atoms with E-state index >= 15 is 0 Å². The monoisotopic (exact) mass is 246 g/mol. The van der Waals surface area contributed by atoms with Crippen LogP contribution in [0.3, 0.4) is 0 Å². The highest BCUT2D eigenvalue weighted by Crippen LogP contribution is 2.13. The van der Waals surface area contributed by atoms with E-state index in [2.05, 4.69) is 12.6 Å². The molecular formula is C12H22O3S. The van der Waals surface area contributed by atoms with Crippen LogP contribution in [0.25, 0.3) is 0 Å². The Kier molecular flexibility index (Phi) is 6.91. The van der Waals surface area contributed by atoms with E-state index in [4.69, 9.17) is 4.74 Å². The molecule has 0 radical (unpaired) electrons. The summed E-state index contributed by atoms with van der Waals surface area (Å²) in [7, 11) is 0. The molecule has 0 aromatic rings. The van der Waals surface area contributed by atoms with Crippen LogP contribution in [0.2, 0.25) is 0 Å². The highest BCUT2D eigenvalue weighted by Gasteiger charge is 2.23. The van der Waals surface area contributed by atoms with Crippen LogP contribution in [0.4, 0.5) is 0 Å². The number of rotatable bonds is 7. The third kappa shape index (κ3) is 5.66. The van der Waals surface area contributed by atoms with Gasteiger partial charge in [0.2, 0.25) is 0 Å². The molecule has 0 rings (SSSR count). The van der Waals surface area contributed by atoms with Gasteiger partial charge < -0.3 is 4.74 Å². The van der Waals surface area contributed by atoms with E-state index in [-0.39, 0.29) is 35.3 Å². The predicted molar refractivity (Wildman–Crippen MR) is 67.9 cm³/mol. The molecule has 0 saturated carbocycles. The van der Waals surface area contributed by atoms with Gasteiger partial charge in [-0.3, -0.25) is 9.59 Å². The minimum Gasteiger partial charge on any atom is -0.368 e. The minimum absolute atomic E-state index is 0.00781. The molecular weight excluding hydrogens is 224 g/mol. The molecule has 4 heteroatoms. The molecule has 0 aliphatic rings. The normalized spacial score (nSPS) is 16.9. The second-order valence-corrected chi connectivity index (χ2v) is 5.25. The van der Waals surface area contributed by atoms with Gasteiger partial charge in [0, 0.05) is 12.3 Å². The van der Waals surface area contributed by atoms with E-state index in [1.54, 1.807) is 20.8 Å². The zero-order valence-corrected chi connectivity index (χ0v) is 11.6. The number of carbonyl (C=O) groups excluding carboxylic acids is 2. The number of carbonyl (C=O) groups is 2. The van der Waals surface area contributed by atoms with Crippen molar-refractivity contribution in [2.24, 2.45) is 5.92 Å². The Morgan fingerprint density at radius 3 is 2.00 bits per heavy atom. The van der Waals surface area contributed by atoms with Crippen LogP contribution in [0.5, 0.6) is 0 Å². The maximum atomic E-state index is 11.7. The maximum Gasteiger partial charge on any atom is 0.161 e. The Morgan fingerprint density at radius 2 is 1.62 bits per heavy atom. The van der Waals surface area contributed by atoms with Gasteiger partial charge in [0.05, 0.1) is 11.4 Å². The molecule has 16 heavy (non-hydrogen) atoms. The van der Waals surface area contributed by atoms with Crippen molar-refractivity contribution < 1.29 is 14.3 Å². The topological polar surface area (TPSA) is 43.4 Å². The lowest BCUT2D eigenvalue weighted by molar-refractivity contribution is -0.135. The average molecular weight is 246 g/mol. The first-order valence-corrected chi connectivity index (χ1v) is 6.17. The number of hydrogen-bond donors (Lipinski definition) is 1. The summed E-state index contributed by atoms with van der Waals surface area (Å²) in [5.41, 5.74) is 0. The van der Waals surface area contributed by atoms with Gasteiger partial charge in [0.25, 0.3) is 0 Å². The molecule has 0 aromatic heterocycles. The number of thiol groups is 1. The lowest BCUT2D eigenvalue weighted by Gasteiger charge is -2.17. The lowest BCUT2D eigenvalue weighted by Crippen LogP contribution is -2.29. The van der Waals surface area contributed by atoms with E-state index in [1.807, 2.05) is 13.8 Å². The van der Waals surface area contributed by atoms with Crippen LogP contribution in [0, 0.1) is 5.92 Å². The fourth-order valence-electron chi connectivity index (χ4n) is 1.46. The molecule has 0 saturated heterocycles. The third-order valence-corrected chi connectivity index (χ3v) is 2.59. The second-order valence-electron chi connectivity index (χ2n) is 4.48. The Balaban J connectivity index is 4.18. The maximum absolute atomic E-state index is 11.7. The fraction of sp³-hybridized carbons (Fsp3) is 0.833. The summed E-state index contributed by atoms with van der Waals surface area (Å²) in [6.07, 6.45) is -0.184. The second kappa shape index (κ2) is 7.07. The Hall–Kier alpha value is -0.350. The summed E-state index contributed by atoms with van der Waals surface area (Å²) in [5.74, 6) is -0.296. The molecule has 0 heterocycles. The van der Waals surface area contributed by atoms with Gasteiger partial charge in [-0.05, 0) is 27.7 Å². The van der Waals surface area contributed by atoms with Crippen molar-refractivity contribution >= 4 is 24.2 Å². The first-order valence-electron chi connectivity index (χ1n) is 5.65. The van der Waals surface area contributed by atoms with Crippen molar-refractivity contribution in [3.63, 3.8) is 0 Å². The summed E-state index contributed by atoms with van der Waals surface area (Å²) in [4.78, 5) is 23.3. The van der Waals surface area contributed by atoms with Gasteiger partial charge >= 0.3 is 0 Å². The van der Waals surface area contributed by atoms with Gasteiger partial charge in [-0.25, -0.2) is 0 Å². The quantitative estimate of drug-likeness (QED) is 0.701. The van der Waals surface area contributed by atoms with Gasteiger partial charge in [-0.15, -0.1) is 0 Å². The molecule has 0 bridgehead atoms. The van der Waals surface area contributed by atoms with Crippen LogP contribution < -0.4 is 0 Å². The van der Waals surface area contributed by atoms with E-state index < -0.39 is 6.10 Å². The van der Waals surface area contributed by atoms with Gasteiger partial charge in [0.15, 0.2) is 5.78 Å². The standard InChI is InChI=1S/C12H22O3S/c1-7(2)15-9(4)11(13)6-8(3)12(14)10(5)16/h7-10,16H,6H2,1-5H3/t8-,9+,10?/m0/s1. The van der Waals surface area contributed by atoms with Crippen LogP contribution in [0.15, 0.2) is 0 Å². The first kappa shape index (κ1) is 15.7. The van der Waals surface area contributed by atoms with Crippen LogP contribution in [-0.2, 0) is 14.3 Å².